The molecule has 1 saturated heterocycles. The molecule has 0 radical (unpaired) electrons. The summed E-state index contributed by atoms with van der Waals surface area (Å²) >= 11 is 5.98. The maximum Gasteiger partial charge on any atom is 0.313 e. The summed E-state index contributed by atoms with van der Waals surface area (Å²) in [5.74, 6) is -1.31. The molecule has 2 rings (SSSR count). The van der Waals surface area contributed by atoms with Gasteiger partial charge in [-0.05, 0) is 43.4 Å². The zero-order chi connectivity index (χ0) is 18.6. The normalized spacial score (nSPS) is 16.4. The van der Waals surface area contributed by atoms with Gasteiger partial charge < -0.3 is 10.6 Å². The van der Waals surface area contributed by atoms with E-state index < -0.39 is 21.8 Å². The summed E-state index contributed by atoms with van der Waals surface area (Å²) in [6.45, 7) is 2.98. The molecule has 2 amide bonds. The molecule has 0 aromatic heterocycles. The average Bonchev–Trinajstić information content (AvgIpc) is 2.56. The van der Waals surface area contributed by atoms with Gasteiger partial charge in [0.2, 0.25) is 10.0 Å². The summed E-state index contributed by atoms with van der Waals surface area (Å²) in [6, 6.07) is 5.07. The Labute approximate surface area is 152 Å². The third-order valence-corrected chi connectivity index (χ3v) is 6.03. The van der Waals surface area contributed by atoms with E-state index in [0.717, 1.165) is 0 Å². The molecule has 1 aliphatic heterocycles. The van der Waals surface area contributed by atoms with Crippen molar-refractivity contribution in [2.45, 2.75) is 19.8 Å². The lowest BCUT2D eigenvalue weighted by Crippen LogP contribution is -2.43. The van der Waals surface area contributed by atoms with Crippen LogP contribution in [0.15, 0.2) is 18.2 Å². The first kappa shape index (κ1) is 19.7. The first-order valence-electron chi connectivity index (χ1n) is 7.98. The minimum absolute atomic E-state index is 0.155. The number of nitrogens with one attached hydrogen (secondary N) is 2. The second-order valence-electron chi connectivity index (χ2n) is 6.18. The molecule has 0 aliphatic carbocycles. The van der Waals surface area contributed by atoms with E-state index in [9.17, 15) is 18.0 Å². The molecule has 0 atom stereocenters. The van der Waals surface area contributed by atoms with Crippen molar-refractivity contribution in [2.24, 2.45) is 5.92 Å². The largest absolute Gasteiger partial charge is 0.348 e. The van der Waals surface area contributed by atoms with Crippen LogP contribution in [0, 0.1) is 12.8 Å². The van der Waals surface area contributed by atoms with Crippen LogP contribution in [-0.2, 0) is 19.6 Å². The molecular formula is C16H22ClN3O4S. The highest BCUT2D eigenvalue weighted by atomic mass is 35.5. The lowest BCUT2D eigenvalue weighted by molar-refractivity contribution is -0.136. The highest BCUT2D eigenvalue weighted by Crippen LogP contribution is 2.23. The smallest absolute Gasteiger partial charge is 0.313 e. The predicted molar refractivity (Wildman–Crippen MR) is 97.0 cm³/mol. The summed E-state index contributed by atoms with van der Waals surface area (Å²) < 4.78 is 24.4. The van der Waals surface area contributed by atoms with Crippen molar-refractivity contribution in [1.82, 2.24) is 9.62 Å². The van der Waals surface area contributed by atoms with Crippen LogP contribution in [0.2, 0.25) is 5.02 Å². The molecule has 138 valence electrons. The van der Waals surface area contributed by atoms with Crippen molar-refractivity contribution in [3.8, 4) is 0 Å². The molecule has 0 saturated carbocycles. The Morgan fingerprint density at radius 2 is 1.88 bits per heavy atom. The van der Waals surface area contributed by atoms with Crippen molar-refractivity contribution in [2.75, 3.05) is 31.2 Å². The Hall–Kier alpha value is -1.64. The van der Waals surface area contributed by atoms with Gasteiger partial charge in [-0.15, -0.1) is 0 Å². The predicted octanol–water partition coefficient (Wildman–Crippen LogP) is 1.37. The number of piperidine rings is 1. The topological polar surface area (TPSA) is 95.6 Å². The second-order valence-corrected chi connectivity index (χ2v) is 8.57. The Kier molecular flexibility index (Phi) is 6.42. The number of hydrogen-bond donors (Lipinski definition) is 2. The van der Waals surface area contributed by atoms with E-state index >= 15 is 0 Å². The van der Waals surface area contributed by atoms with Crippen LogP contribution in [0.1, 0.15) is 18.4 Å². The lowest BCUT2D eigenvalue weighted by atomic mass is 9.98. The van der Waals surface area contributed by atoms with Gasteiger partial charge in [0.1, 0.15) is 0 Å². The fraction of sp³-hybridized carbons (Fsp3) is 0.500. The van der Waals surface area contributed by atoms with Gasteiger partial charge in [0.05, 0.1) is 6.26 Å². The van der Waals surface area contributed by atoms with Crippen LogP contribution in [0.3, 0.4) is 0 Å². The second kappa shape index (κ2) is 8.16. The van der Waals surface area contributed by atoms with E-state index in [1.807, 2.05) is 0 Å². The zero-order valence-corrected chi connectivity index (χ0v) is 15.8. The van der Waals surface area contributed by atoms with E-state index in [1.54, 1.807) is 25.1 Å². The number of anilines is 1. The van der Waals surface area contributed by atoms with E-state index in [4.69, 9.17) is 11.6 Å². The van der Waals surface area contributed by atoms with Crippen molar-refractivity contribution < 1.29 is 18.0 Å². The van der Waals surface area contributed by atoms with Crippen LogP contribution in [0.25, 0.3) is 0 Å². The highest BCUT2D eigenvalue weighted by molar-refractivity contribution is 7.88. The molecule has 0 spiro atoms. The van der Waals surface area contributed by atoms with E-state index in [1.165, 1.54) is 10.6 Å². The number of carbonyl (C=O) groups is 2. The number of sulfonamides is 1. The van der Waals surface area contributed by atoms with Gasteiger partial charge >= 0.3 is 11.8 Å². The van der Waals surface area contributed by atoms with Crippen LogP contribution in [0.5, 0.6) is 0 Å². The molecule has 7 nitrogen and oxygen atoms in total. The first-order chi connectivity index (χ1) is 11.7. The van der Waals surface area contributed by atoms with Gasteiger partial charge in [0, 0.05) is 30.3 Å². The molecule has 0 unspecified atom stereocenters. The maximum atomic E-state index is 12.0. The molecule has 1 fully saturated rings. The van der Waals surface area contributed by atoms with Gasteiger partial charge in [-0.1, -0.05) is 17.7 Å². The van der Waals surface area contributed by atoms with E-state index in [-0.39, 0.29) is 5.92 Å². The molecule has 2 N–H and O–H groups in total. The number of amides is 2. The first-order valence-corrected chi connectivity index (χ1v) is 10.2. The van der Waals surface area contributed by atoms with Crippen LogP contribution < -0.4 is 10.6 Å². The van der Waals surface area contributed by atoms with E-state index in [0.29, 0.717) is 48.7 Å². The molecule has 25 heavy (non-hydrogen) atoms. The summed E-state index contributed by atoms with van der Waals surface area (Å²) in [5, 5.41) is 5.66. The Morgan fingerprint density at radius 1 is 1.24 bits per heavy atom. The Bertz CT molecular complexity index is 759. The molecule has 1 aromatic rings. The van der Waals surface area contributed by atoms with E-state index in [2.05, 4.69) is 10.6 Å². The molecular weight excluding hydrogens is 366 g/mol. The van der Waals surface area contributed by atoms with Crippen molar-refractivity contribution in [3.63, 3.8) is 0 Å². The number of rotatable bonds is 4. The maximum absolute atomic E-state index is 12.0. The van der Waals surface area contributed by atoms with Crippen molar-refractivity contribution in [3.05, 3.63) is 28.8 Å². The number of halogens is 1. The summed E-state index contributed by atoms with van der Waals surface area (Å²) in [6.07, 6.45) is 2.50. The minimum Gasteiger partial charge on any atom is -0.348 e. The Balaban J connectivity index is 1.81. The SMILES string of the molecule is Cc1c(Cl)cccc1NC(=O)C(=O)NCC1CCN(S(C)(=O)=O)CC1. The van der Waals surface area contributed by atoms with Gasteiger partial charge in [-0.2, -0.15) is 0 Å². The van der Waals surface area contributed by atoms with Gasteiger partial charge in [0.15, 0.2) is 0 Å². The van der Waals surface area contributed by atoms with Gasteiger partial charge in [-0.3, -0.25) is 9.59 Å². The van der Waals surface area contributed by atoms with Crippen LogP contribution >= 0.6 is 11.6 Å². The quantitative estimate of drug-likeness (QED) is 0.763. The fourth-order valence-corrected chi connectivity index (χ4v) is 3.73. The number of nitrogens with zero attached hydrogens (tertiary/aromatic N) is 1. The van der Waals surface area contributed by atoms with Gasteiger partial charge in [-0.25, -0.2) is 12.7 Å². The zero-order valence-electron chi connectivity index (χ0n) is 14.2. The third-order valence-electron chi connectivity index (χ3n) is 4.32. The molecule has 1 heterocycles. The standard InChI is InChI=1S/C16H22ClN3O4S/c1-11-13(17)4-3-5-14(11)19-16(22)15(21)18-10-12-6-8-20(9-7-12)25(2,23)24/h3-5,12H,6-10H2,1-2H3,(H,18,21)(H,19,22). The molecule has 0 bridgehead atoms. The average molecular weight is 388 g/mol. The minimum atomic E-state index is -3.17. The summed E-state index contributed by atoms with van der Waals surface area (Å²) in [5.41, 5.74) is 1.19. The number of hydrogen-bond acceptors (Lipinski definition) is 4. The summed E-state index contributed by atoms with van der Waals surface area (Å²) in [4.78, 5) is 23.9. The summed E-state index contributed by atoms with van der Waals surface area (Å²) in [7, 11) is -3.17. The van der Waals surface area contributed by atoms with Gasteiger partial charge in [0.25, 0.3) is 0 Å². The van der Waals surface area contributed by atoms with Crippen LogP contribution in [-0.4, -0.2) is 50.4 Å². The number of benzene rings is 1. The highest BCUT2D eigenvalue weighted by Gasteiger charge is 2.25. The number of carbonyl (C=O) groups excluding carboxylic acids is 2. The Morgan fingerprint density at radius 3 is 2.48 bits per heavy atom. The molecule has 1 aromatic carbocycles. The van der Waals surface area contributed by atoms with Crippen molar-refractivity contribution in [1.29, 1.82) is 0 Å². The fourth-order valence-electron chi connectivity index (χ4n) is 2.68. The third kappa shape index (κ3) is 5.42. The van der Waals surface area contributed by atoms with Crippen molar-refractivity contribution >= 4 is 39.1 Å². The lowest BCUT2D eigenvalue weighted by Gasteiger charge is -2.30. The molecule has 9 heteroatoms. The monoisotopic (exact) mass is 387 g/mol. The van der Waals surface area contributed by atoms with Crippen LogP contribution in [0.4, 0.5) is 5.69 Å². The molecule has 1 aliphatic rings.